The second-order valence-electron chi connectivity index (χ2n) is 7.89. The number of furan rings is 1. The van der Waals surface area contributed by atoms with Crippen LogP contribution in [0.1, 0.15) is 50.7 Å². The standard InChI is InChI=1S/C21H35N3O3/c1-25-15-11-21(9-5-10-21)17-24-20(22-12-8-18-7-4-14-26-18)23-16-19-6-2-3-13-27-19/h4,7,14,19H,2-3,5-6,8-13,15-17H2,1H3,(H2,22,23,24). The summed E-state index contributed by atoms with van der Waals surface area (Å²) in [6.45, 7) is 4.18. The Bertz CT molecular complexity index is 549. The van der Waals surface area contributed by atoms with Crippen LogP contribution in [0.5, 0.6) is 0 Å². The lowest BCUT2D eigenvalue weighted by molar-refractivity contribution is 0.0194. The van der Waals surface area contributed by atoms with Gasteiger partial charge in [0.05, 0.1) is 12.4 Å². The third-order valence-corrected chi connectivity index (χ3v) is 5.84. The second-order valence-corrected chi connectivity index (χ2v) is 7.89. The lowest BCUT2D eigenvalue weighted by atomic mass is 9.67. The summed E-state index contributed by atoms with van der Waals surface area (Å²) >= 11 is 0. The molecular weight excluding hydrogens is 342 g/mol. The molecule has 152 valence electrons. The molecule has 1 unspecified atom stereocenters. The lowest BCUT2D eigenvalue weighted by Crippen LogP contribution is -2.44. The Morgan fingerprint density at radius 1 is 1.30 bits per heavy atom. The largest absolute Gasteiger partial charge is 0.469 e. The van der Waals surface area contributed by atoms with Crippen LogP contribution in [0.25, 0.3) is 0 Å². The average molecular weight is 378 g/mol. The van der Waals surface area contributed by atoms with E-state index in [1.807, 2.05) is 12.1 Å². The highest BCUT2D eigenvalue weighted by molar-refractivity contribution is 5.79. The zero-order valence-corrected chi connectivity index (χ0v) is 16.7. The Hall–Kier alpha value is -1.53. The maximum absolute atomic E-state index is 5.85. The highest BCUT2D eigenvalue weighted by atomic mass is 16.5. The molecule has 2 N–H and O–H groups in total. The van der Waals surface area contributed by atoms with Crippen molar-refractivity contribution in [3.05, 3.63) is 24.2 Å². The Balaban J connectivity index is 1.51. The molecule has 2 fully saturated rings. The van der Waals surface area contributed by atoms with Crippen LogP contribution < -0.4 is 10.6 Å². The van der Waals surface area contributed by atoms with E-state index in [0.29, 0.717) is 11.5 Å². The number of hydrogen-bond acceptors (Lipinski definition) is 4. The highest BCUT2D eigenvalue weighted by Gasteiger charge is 2.36. The zero-order chi connectivity index (χ0) is 18.8. The van der Waals surface area contributed by atoms with Crippen molar-refractivity contribution in [3.8, 4) is 0 Å². The van der Waals surface area contributed by atoms with Crippen LogP contribution in [-0.2, 0) is 15.9 Å². The number of hydrogen-bond donors (Lipinski definition) is 2. The van der Waals surface area contributed by atoms with Gasteiger partial charge in [-0.15, -0.1) is 0 Å². The van der Waals surface area contributed by atoms with E-state index in [9.17, 15) is 0 Å². The molecule has 3 rings (SSSR count). The van der Waals surface area contributed by atoms with Gasteiger partial charge in [-0.3, -0.25) is 4.99 Å². The van der Waals surface area contributed by atoms with E-state index in [4.69, 9.17) is 18.9 Å². The molecule has 1 saturated heterocycles. The maximum atomic E-state index is 5.85. The van der Waals surface area contributed by atoms with Crippen molar-refractivity contribution in [2.45, 2.75) is 57.5 Å². The Labute approximate surface area is 163 Å². The topological polar surface area (TPSA) is 68.0 Å². The van der Waals surface area contributed by atoms with Gasteiger partial charge in [0.1, 0.15) is 5.76 Å². The molecule has 6 heteroatoms. The lowest BCUT2D eigenvalue weighted by Gasteiger charge is -2.40. The van der Waals surface area contributed by atoms with Gasteiger partial charge < -0.3 is 24.5 Å². The van der Waals surface area contributed by atoms with Crippen molar-refractivity contribution in [1.82, 2.24) is 10.6 Å². The summed E-state index contributed by atoms with van der Waals surface area (Å²) in [5.74, 6) is 1.88. The van der Waals surface area contributed by atoms with Gasteiger partial charge in [0.25, 0.3) is 0 Å². The predicted octanol–water partition coefficient (Wildman–Crippen LogP) is 3.13. The molecule has 2 aliphatic rings. The summed E-state index contributed by atoms with van der Waals surface area (Å²) in [4.78, 5) is 4.93. The molecule has 2 heterocycles. The molecule has 1 aromatic rings. The van der Waals surface area contributed by atoms with Crippen LogP contribution >= 0.6 is 0 Å². The molecule has 0 spiro atoms. The minimum absolute atomic E-state index is 0.293. The van der Waals surface area contributed by atoms with E-state index in [0.717, 1.165) is 63.8 Å². The smallest absolute Gasteiger partial charge is 0.191 e. The molecule has 0 bridgehead atoms. The van der Waals surface area contributed by atoms with Crippen molar-refractivity contribution < 1.29 is 13.9 Å². The second kappa shape index (κ2) is 10.7. The molecular formula is C21H35N3O3. The van der Waals surface area contributed by atoms with Gasteiger partial charge in [0.15, 0.2) is 5.96 Å². The maximum Gasteiger partial charge on any atom is 0.191 e. The summed E-state index contributed by atoms with van der Waals surface area (Å²) in [7, 11) is 1.78. The summed E-state index contributed by atoms with van der Waals surface area (Å²) in [6.07, 6.45) is 11.3. The molecule has 27 heavy (non-hydrogen) atoms. The predicted molar refractivity (Wildman–Crippen MR) is 107 cm³/mol. The van der Waals surface area contributed by atoms with Crippen LogP contribution in [0.4, 0.5) is 0 Å². The normalized spacial score (nSPS) is 22.3. The van der Waals surface area contributed by atoms with Crippen LogP contribution in [0.2, 0.25) is 0 Å². The van der Waals surface area contributed by atoms with Crippen LogP contribution in [0.15, 0.2) is 27.8 Å². The van der Waals surface area contributed by atoms with E-state index < -0.39 is 0 Å². The van der Waals surface area contributed by atoms with Gasteiger partial charge in [0, 0.05) is 46.4 Å². The summed E-state index contributed by atoms with van der Waals surface area (Å²) in [5.41, 5.74) is 0.326. The number of guanidine groups is 1. The molecule has 0 radical (unpaired) electrons. The first-order valence-electron chi connectivity index (χ1n) is 10.4. The Morgan fingerprint density at radius 3 is 2.89 bits per heavy atom. The first-order chi connectivity index (χ1) is 13.3. The van der Waals surface area contributed by atoms with E-state index >= 15 is 0 Å². The number of methoxy groups -OCH3 is 1. The molecule has 1 atom stereocenters. The fraction of sp³-hybridized carbons (Fsp3) is 0.762. The summed E-state index contributed by atoms with van der Waals surface area (Å²) < 4.78 is 16.6. The quantitative estimate of drug-likeness (QED) is 0.484. The van der Waals surface area contributed by atoms with Gasteiger partial charge in [-0.05, 0) is 56.1 Å². The van der Waals surface area contributed by atoms with E-state index in [1.54, 1.807) is 13.4 Å². The summed E-state index contributed by atoms with van der Waals surface area (Å²) in [5, 5.41) is 6.97. The summed E-state index contributed by atoms with van der Waals surface area (Å²) in [6, 6.07) is 3.94. The number of nitrogens with one attached hydrogen (secondary N) is 2. The van der Waals surface area contributed by atoms with Gasteiger partial charge in [-0.2, -0.15) is 0 Å². The molecule has 1 aliphatic heterocycles. The SMILES string of the molecule is COCCC1(CN=C(NCCc2ccco2)NCC2CCCCO2)CCC1. The van der Waals surface area contributed by atoms with Crippen molar-refractivity contribution in [3.63, 3.8) is 0 Å². The van der Waals surface area contributed by atoms with Crippen molar-refractivity contribution in [2.75, 3.05) is 40.0 Å². The van der Waals surface area contributed by atoms with E-state index in [1.165, 1.54) is 32.1 Å². The first kappa shape index (κ1) is 20.2. The average Bonchev–Trinajstić information content (AvgIpc) is 3.18. The molecule has 1 aromatic heterocycles. The van der Waals surface area contributed by atoms with Crippen LogP contribution in [0, 0.1) is 5.41 Å². The van der Waals surface area contributed by atoms with E-state index in [-0.39, 0.29) is 0 Å². The number of ether oxygens (including phenoxy) is 2. The van der Waals surface area contributed by atoms with Gasteiger partial charge in [-0.1, -0.05) is 6.42 Å². The Morgan fingerprint density at radius 2 is 2.22 bits per heavy atom. The third-order valence-electron chi connectivity index (χ3n) is 5.84. The molecule has 0 aromatic carbocycles. The minimum atomic E-state index is 0.293. The molecule has 0 amide bonds. The zero-order valence-electron chi connectivity index (χ0n) is 16.7. The molecule has 1 aliphatic carbocycles. The number of nitrogens with zero attached hydrogens (tertiary/aromatic N) is 1. The van der Waals surface area contributed by atoms with Gasteiger partial charge in [0.2, 0.25) is 0 Å². The molecule has 1 saturated carbocycles. The van der Waals surface area contributed by atoms with Crippen molar-refractivity contribution in [2.24, 2.45) is 10.4 Å². The highest BCUT2D eigenvalue weighted by Crippen LogP contribution is 2.44. The fourth-order valence-electron chi connectivity index (χ4n) is 3.84. The van der Waals surface area contributed by atoms with Crippen LogP contribution in [0.3, 0.4) is 0 Å². The third kappa shape index (κ3) is 6.54. The first-order valence-corrected chi connectivity index (χ1v) is 10.4. The minimum Gasteiger partial charge on any atom is -0.469 e. The van der Waals surface area contributed by atoms with Crippen molar-refractivity contribution in [1.29, 1.82) is 0 Å². The van der Waals surface area contributed by atoms with Gasteiger partial charge >= 0.3 is 0 Å². The Kier molecular flexibility index (Phi) is 8.02. The monoisotopic (exact) mass is 377 g/mol. The number of aliphatic imine (C=N–C) groups is 1. The van der Waals surface area contributed by atoms with Crippen molar-refractivity contribution >= 4 is 5.96 Å². The van der Waals surface area contributed by atoms with Gasteiger partial charge in [-0.25, -0.2) is 0 Å². The molecule has 6 nitrogen and oxygen atoms in total. The van der Waals surface area contributed by atoms with Crippen LogP contribution in [-0.4, -0.2) is 52.0 Å². The van der Waals surface area contributed by atoms with E-state index in [2.05, 4.69) is 10.6 Å². The number of rotatable bonds is 10. The fourth-order valence-corrected chi connectivity index (χ4v) is 3.84.